The lowest BCUT2D eigenvalue weighted by Crippen LogP contribution is -2.15. The van der Waals surface area contributed by atoms with E-state index in [-0.39, 0.29) is 6.10 Å². The van der Waals surface area contributed by atoms with E-state index >= 15 is 0 Å². The number of pyridine rings is 1. The highest BCUT2D eigenvalue weighted by Crippen LogP contribution is 2.32. The molecule has 3 N–H and O–H groups in total. The molecule has 1 unspecified atom stereocenters. The highest BCUT2D eigenvalue weighted by molar-refractivity contribution is 6.33. The van der Waals surface area contributed by atoms with Gasteiger partial charge in [0, 0.05) is 23.7 Å². The number of rotatable bonds is 4. The third kappa shape index (κ3) is 3.67. The summed E-state index contributed by atoms with van der Waals surface area (Å²) in [7, 11) is 0. The smallest absolute Gasteiger partial charge is 0.193 e. The first-order chi connectivity index (χ1) is 14.2. The van der Waals surface area contributed by atoms with Crippen molar-refractivity contribution < 1.29 is 9.47 Å². The second kappa shape index (κ2) is 7.43. The van der Waals surface area contributed by atoms with Gasteiger partial charge in [-0.3, -0.25) is 0 Å². The Hall–Kier alpha value is -3.02. The summed E-state index contributed by atoms with van der Waals surface area (Å²) in [4.78, 5) is 8.01. The van der Waals surface area contributed by atoms with Gasteiger partial charge in [0.25, 0.3) is 0 Å². The summed E-state index contributed by atoms with van der Waals surface area (Å²) < 4.78 is 11.3. The molecule has 1 atom stereocenters. The molecular formula is C23H20ClN3O2. The molecular weight excluding hydrogens is 386 g/mol. The number of nitrogens with one attached hydrogen (secondary N) is 1. The zero-order chi connectivity index (χ0) is 19.8. The third-order valence-corrected chi connectivity index (χ3v) is 5.40. The molecule has 1 saturated heterocycles. The van der Waals surface area contributed by atoms with E-state index in [0.717, 1.165) is 52.1 Å². The van der Waals surface area contributed by atoms with Crippen molar-refractivity contribution in [1.29, 1.82) is 0 Å². The van der Waals surface area contributed by atoms with Crippen LogP contribution >= 0.6 is 11.6 Å². The Labute approximate surface area is 173 Å². The summed E-state index contributed by atoms with van der Waals surface area (Å²) in [6, 6.07) is 19.8. The van der Waals surface area contributed by atoms with Crippen LogP contribution in [-0.4, -0.2) is 29.3 Å². The van der Waals surface area contributed by atoms with Gasteiger partial charge in [0.05, 0.1) is 35.0 Å². The third-order valence-electron chi connectivity index (χ3n) is 5.12. The molecule has 1 aliphatic rings. The van der Waals surface area contributed by atoms with Crippen molar-refractivity contribution in [2.24, 2.45) is 0 Å². The van der Waals surface area contributed by atoms with E-state index in [9.17, 15) is 0 Å². The Morgan fingerprint density at radius 1 is 1.00 bits per heavy atom. The van der Waals surface area contributed by atoms with Crippen LogP contribution in [0.4, 0.5) is 5.69 Å². The van der Waals surface area contributed by atoms with Crippen LogP contribution in [0, 0.1) is 0 Å². The molecule has 0 radical (unpaired) electrons. The minimum absolute atomic E-state index is 0.0823. The number of aromatic amines is 1. The molecule has 146 valence electrons. The van der Waals surface area contributed by atoms with Crippen molar-refractivity contribution in [2.45, 2.75) is 12.5 Å². The Kier molecular flexibility index (Phi) is 4.62. The van der Waals surface area contributed by atoms with Gasteiger partial charge < -0.3 is 20.2 Å². The number of nitrogens with zero attached hydrogens (tertiary/aromatic N) is 1. The summed E-state index contributed by atoms with van der Waals surface area (Å²) in [5, 5.41) is 0.593. The first-order valence-corrected chi connectivity index (χ1v) is 9.93. The second-order valence-corrected chi connectivity index (χ2v) is 7.60. The number of anilines is 1. The van der Waals surface area contributed by atoms with E-state index < -0.39 is 0 Å². The number of H-pyrrole nitrogens is 1. The molecule has 0 amide bonds. The molecule has 2 aromatic carbocycles. The first-order valence-electron chi connectivity index (χ1n) is 9.56. The number of fused-ring (bicyclic) bond motifs is 1. The van der Waals surface area contributed by atoms with Crippen LogP contribution in [-0.2, 0) is 4.74 Å². The van der Waals surface area contributed by atoms with Gasteiger partial charge in [0.1, 0.15) is 6.10 Å². The van der Waals surface area contributed by atoms with E-state index in [4.69, 9.17) is 31.8 Å². The molecule has 0 saturated carbocycles. The summed E-state index contributed by atoms with van der Waals surface area (Å²) in [6.07, 6.45) is 0.980. The van der Waals surface area contributed by atoms with E-state index in [1.807, 2.05) is 48.5 Å². The highest BCUT2D eigenvalue weighted by atomic mass is 35.5. The SMILES string of the molecule is Nc1ccc(-c2ccc(-c3nc4cc(OC5CCOC5)[nH]c4cc3Cl)cc2)cc1. The number of nitrogen functional groups attached to an aromatic ring is 1. The molecule has 0 bridgehead atoms. The fourth-order valence-electron chi connectivity index (χ4n) is 3.55. The number of aromatic nitrogens is 2. The molecule has 29 heavy (non-hydrogen) atoms. The van der Waals surface area contributed by atoms with E-state index in [0.29, 0.717) is 17.5 Å². The number of hydrogen-bond donors (Lipinski definition) is 2. The lowest BCUT2D eigenvalue weighted by molar-refractivity contribution is 0.138. The average molecular weight is 406 g/mol. The van der Waals surface area contributed by atoms with Crippen molar-refractivity contribution in [2.75, 3.05) is 18.9 Å². The molecule has 5 nitrogen and oxygen atoms in total. The molecule has 0 aliphatic carbocycles. The van der Waals surface area contributed by atoms with Crippen molar-refractivity contribution in [3.8, 4) is 28.3 Å². The van der Waals surface area contributed by atoms with Crippen molar-refractivity contribution in [1.82, 2.24) is 9.97 Å². The van der Waals surface area contributed by atoms with Crippen LogP contribution in [0.2, 0.25) is 5.02 Å². The monoisotopic (exact) mass is 405 g/mol. The lowest BCUT2D eigenvalue weighted by atomic mass is 10.0. The van der Waals surface area contributed by atoms with E-state index in [2.05, 4.69) is 17.1 Å². The molecule has 4 aromatic rings. The normalized spacial score (nSPS) is 16.4. The maximum atomic E-state index is 6.53. The zero-order valence-corrected chi connectivity index (χ0v) is 16.4. The fourth-order valence-corrected chi connectivity index (χ4v) is 3.81. The van der Waals surface area contributed by atoms with Crippen LogP contribution in [0.5, 0.6) is 5.88 Å². The number of hydrogen-bond acceptors (Lipinski definition) is 4. The first kappa shape index (κ1) is 18.0. The van der Waals surface area contributed by atoms with Gasteiger partial charge in [-0.25, -0.2) is 4.98 Å². The summed E-state index contributed by atoms with van der Waals surface area (Å²) in [5.74, 6) is 0.690. The van der Waals surface area contributed by atoms with Crippen molar-refractivity contribution in [3.05, 3.63) is 65.7 Å². The highest BCUT2D eigenvalue weighted by Gasteiger charge is 2.19. The number of ether oxygens (including phenoxy) is 2. The summed E-state index contributed by atoms with van der Waals surface area (Å²) >= 11 is 6.53. The second-order valence-electron chi connectivity index (χ2n) is 7.19. The zero-order valence-electron chi connectivity index (χ0n) is 15.7. The van der Waals surface area contributed by atoms with Gasteiger partial charge >= 0.3 is 0 Å². The predicted molar refractivity (Wildman–Crippen MR) is 116 cm³/mol. The summed E-state index contributed by atoms with van der Waals surface area (Å²) in [6.45, 7) is 1.36. The minimum atomic E-state index is 0.0823. The quantitative estimate of drug-likeness (QED) is 0.452. The maximum Gasteiger partial charge on any atom is 0.193 e. The molecule has 6 heteroatoms. The number of nitrogens with two attached hydrogens (primary N) is 1. The van der Waals surface area contributed by atoms with Gasteiger partial charge in [-0.05, 0) is 29.3 Å². The topological polar surface area (TPSA) is 73.2 Å². The van der Waals surface area contributed by atoms with Crippen molar-refractivity contribution in [3.63, 3.8) is 0 Å². The van der Waals surface area contributed by atoms with Crippen LogP contribution in [0.15, 0.2) is 60.7 Å². The van der Waals surface area contributed by atoms with Crippen molar-refractivity contribution >= 4 is 28.3 Å². The van der Waals surface area contributed by atoms with Crippen LogP contribution < -0.4 is 10.5 Å². The standard InChI is InChI=1S/C23H20ClN3O2/c24-19-11-20-21(12-22(26-20)29-18-9-10-28-13-18)27-23(19)16-3-1-14(2-4-16)15-5-7-17(25)8-6-15/h1-8,11-12,18,26H,9-10,13,25H2. The minimum Gasteiger partial charge on any atom is -0.473 e. The van der Waals surface area contributed by atoms with E-state index in [1.54, 1.807) is 0 Å². The van der Waals surface area contributed by atoms with E-state index in [1.165, 1.54) is 0 Å². The largest absolute Gasteiger partial charge is 0.473 e. The van der Waals surface area contributed by atoms with Gasteiger partial charge in [-0.15, -0.1) is 0 Å². The molecule has 3 heterocycles. The fraction of sp³-hybridized carbons (Fsp3) is 0.174. The number of benzene rings is 2. The van der Waals surface area contributed by atoms with Gasteiger partial charge in [-0.1, -0.05) is 48.0 Å². The Bertz CT molecular complexity index is 1150. The van der Waals surface area contributed by atoms with Gasteiger partial charge in [-0.2, -0.15) is 0 Å². The molecule has 5 rings (SSSR count). The van der Waals surface area contributed by atoms with Gasteiger partial charge in [0.2, 0.25) is 0 Å². The molecule has 1 fully saturated rings. The van der Waals surface area contributed by atoms with Crippen LogP contribution in [0.1, 0.15) is 6.42 Å². The average Bonchev–Trinajstić information content (AvgIpc) is 3.37. The Morgan fingerprint density at radius 3 is 2.38 bits per heavy atom. The molecule has 2 aromatic heterocycles. The number of halogens is 1. The van der Waals surface area contributed by atoms with Gasteiger partial charge in [0.15, 0.2) is 5.88 Å². The Balaban J connectivity index is 1.44. The lowest BCUT2D eigenvalue weighted by Gasteiger charge is -2.08. The molecule has 1 aliphatic heterocycles. The maximum absolute atomic E-state index is 6.53. The Morgan fingerprint density at radius 2 is 1.69 bits per heavy atom. The summed E-state index contributed by atoms with van der Waals surface area (Å²) in [5.41, 5.74) is 12.1. The molecule has 0 spiro atoms. The van der Waals surface area contributed by atoms with Crippen LogP contribution in [0.25, 0.3) is 33.4 Å². The predicted octanol–water partition coefficient (Wildman–Crippen LogP) is 5.30. The van der Waals surface area contributed by atoms with Crippen LogP contribution in [0.3, 0.4) is 0 Å².